The normalized spacial score (nSPS) is 25.3. The number of hydrogen-bond acceptors (Lipinski definition) is 4. The number of fused-ring (bicyclic) bond motifs is 1. The molecule has 0 unspecified atom stereocenters. The summed E-state index contributed by atoms with van der Waals surface area (Å²) >= 11 is 3.30. The van der Waals surface area contributed by atoms with Gasteiger partial charge in [-0.05, 0) is 22.9 Å². The van der Waals surface area contributed by atoms with E-state index in [1.54, 1.807) is 13.1 Å². The molecule has 1 atom stereocenters. The number of aromatic nitrogens is 3. The number of hydrogen-bond donors (Lipinski definition) is 1. The minimum absolute atomic E-state index is 0.0655. The first-order valence-electron chi connectivity index (χ1n) is 9.72. The number of nitrogens with one attached hydrogen (secondary N) is 1. The van der Waals surface area contributed by atoms with E-state index in [2.05, 4.69) is 31.2 Å². The van der Waals surface area contributed by atoms with Crippen molar-refractivity contribution in [3.63, 3.8) is 0 Å². The summed E-state index contributed by atoms with van der Waals surface area (Å²) in [6.45, 7) is 1.63. The lowest BCUT2D eigenvalue weighted by Gasteiger charge is -2.66. The van der Waals surface area contributed by atoms with Gasteiger partial charge in [-0.2, -0.15) is 0 Å². The second-order valence-corrected chi connectivity index (χ2v) is 9.22. The van der Waals surface area contributed by atoms with Gasteiger partial charge in [-0.15, -0.1) is 0 Å². The fourth-order valence-electron chi connectivity index (χ4n) is 4.78. The molecule has 0 radical (unpaired) electrons. The van der Waals surface area contributed by atoms with Gasteiger partial charge in [0.1, 0.15) is 28.1 Å². The lowest BCUT2D eigenvalue weighted by Crippen LogP contribution is -2.71. The van der Waals surface area contributed by atoms with Crippen LogP contribution in [0.3, 0.4) is 0 Å². The van der Waals surface area contributed by atoms with Crippen LogP contribution in [0.5, 0.6) is 0 Å². The summed E-state index contributed by atoms with van der Waals surface area (Å²) in [4.78, 5) is 21.2. The van der Waals surface area contributed by atoms with E-state index in [-0.39, 0.29) is 34.9 Å². The predicted octanol–water partition coefficient (Wildman–Crippen LogP) is 5.40. The van der Waals surface area contributed by atoms with Crippen LogP contribution < -0.4 is 10.9 Å². The molecular weight excluding hydrogens is 480 g/mol. The van der Waals surface area contributed by atoms with E-state index in [1.807, 2.05) is 0 Å². The minimum Gasteiger partial charge on any atom is -0.363 e. The number of nitrogens with zero attached hydrogens (tertiary/aromatic N) is 3. The van der Waals surface area contributed by atoms with E-state index >= 15 is 0 Å². The molecule has 31 heavy (non-hydrogen) atoms. The summed E-state index contributed by atoms with van der Waals surface area (Å²) < 4.78 is 56.5. The first kappa shape index (κ1) is 20.4. The Morgan fingerprint density at radius 1 is 1.19 bits per heavy atom. The third-order valence-electron chi connectivity index (χ3n) is 6.32. The van der Waals surface area contributed by atoms with Crippen LogP contribution in [0.4, 0.5) is 23.4 Å². The van der Waals surface area contributed by atoms with Gasteiger partial charge < -0.3 is 9.88 Å². The Hall–Kier alpha value is -2.49. The highest BCUT2D eigenvalue weighted by molar-refractivity contribution is 9.10. The maximum Gasteiger partial charge on any atom is 0.267 e. The topological polar surface area (TPSA) is 59.8 Å². The Bertz CT molecular complexity index is 1260. The standard InChI is InChI=1S/C21H17BrF4N4O/c1-10(11-3-2-4-12(15(11)23)17(24)25)29-18-13-5-30(21-6-20(26,7-21)8-21)19(31)14(22)16(13)27-9-28-18/h2-5,9-10,17H,6-8H2,1H3,(H,27,28,29)/t10-,20?,21?/m0/s1. The summed E-state index contributed by atoms with van der Waals surface area (Å²) in [5, 5.41) is 3.53. The number of rotatable bonds is 5. The zero-order valence-electron chi connectivity index (χ0n) is 16.3. The van der Waals surface area contributed by atoms with Crippen molar-refractivity contribution >= 4 is 32.7 Å². The molecule has 162 valence electrons. The monoisotopic (exact) mass is 496 g/mol. The summed E-state index contributed by atoms with van der Waals surface area (Å²) in [6, 6.07) is 3.16. The maximum absolute atomic E-state index is 14.6. The number of halogens is 5. The molecule has 3 aliphatic carbocycles. The molecular formula is C21H17BrF4N4O. The smallest absolute Gasteiger partial charge is 0.267 e. The van der Waals surface area contributed by atoms with Crippen molar-refractivity contribution in [2.24, 2.45) is 0 Å². The highest BCUT2D eigenvalue weighted by atomic mass is 79.9. The number of alkyl halides is 3. The van der Waals surface area contributed by atoms with Crippen LogP contribution in [0.1, 0.15) is 49.8 Å². The second-order valence-electron chi connectivity index (χ2n) is 8.43. The molecule has 0 amide bonds. The van der Waals surface area contributed by atoms with Crippen LogP contribution >= 0.6 is 15.9 Å². The number of benzene rings is 1. The average Bonchev–Trinajstić information content (AvgIpc) is 2.68. The third-order valence-corrected chi connectivity index (χ3v) is 7.03. The molecule has 0 saturated heterocycles. The molecule has 5 nitrogen and oxygen atoms in total. The highest BCUT2D eigenvalue weighted by Crippen LogP contribution is 2.67. The molecule has 3 fully saturated rings. The van der Waals surface area contributed by atoms with Gasteiger partial charge in [0.15, 0.2) is 0 Å². The van der Waals surface area contributed by atoms with Gasteiger partial charge in [-0.25, -0.2) is 27.5 Å². The van der Waals surface area contributed by atoms with Crippen LogP contribution in [-0.4, -0.2) is 20.2 Å². The molecule has 2 heterocycles. The van der Waals surface area contributed by atoms with Crippen molar-refractivity contribution in [1.29, 1.82) is 0 Å². The number of anilines is 1. The summed E-state index contributed by atoms with van der Waals surface area (Å²) in [7, 11) is 0. The molecule has 0 aliphatic heterocycles. The second kappa shape index (κ2) is 6.75. The van der Waals surface area contributed by atoms with Crippen molar-refractivity contribution in [3.05, 3.63) is 62.5 Å². The fourth-order valence-corrected chi connectivity index (χ4v) is 5.29. The molecule has 2 bridgehead atoms. The maximum atomic E-state index is 14.6. The first-order chi connectivity index (χ1) is 14.6. The van der Waals surface area contributed by atoms with E-state index in [0.717, 1.165) is 6.07 Å². The van der Waals surface area contributed by atoms with E-state index in [1.165, 1.54) is 23.0 Å². The van der Waals surface area contributed by atoms with Crippen LogP contribution in [0.15, 0.2) is 40.0 Å². The van der Waals surface area contributed by atoms with Crippen molar-refractivity contribution in [2.45, 2.75) is 49.9 Å². The molecule has 2 aromatic heterocycles. The minimum atomic E-state index is -2.93. The van der Waals surface area contributed by atoms with Crippen molar-refractivity contribution in [2.75, 3.05) is 5.32 Å². The van der Waals surface area contributed by atoms with Gasteiger partial charge in [0.2, 0.25) is 0 Å². The van der Waals surface area contributed by atoms with E-state index in [9.17, 15) is 22.4 Å². The Morgan fingerprint density at radius 3 is 2.52 bits per heavy atom. The molecule has 1 aromatic carbocycles. The molecule has 1 N–H and O–H groups in total. The quantitative estimate of drug-likeness (QED) is 0.480. The average molecular weight is 497 g/mol. The van der Waals surface area contributed by atoms with Gasteiger partial charge in [0.25, 0.3) is 12.0 Å². The van der Waals surface area contributed by atoms with Crippen molar-refractivity contribution in [3.8, 4) is 0 Å². The van der Waals surface area contributed by atoms with E-state index in [0.29, 0.717) is 16.7 Å². The van der Waals surface area contributed by atoms with Gasteiger partial charge >= 0.3 is 0 Å². The zero-order valence-corrected chi connectivity index (χ0v) is 17.9. The summed E-state index contributed by atoms with van der Waals surface area (Å²) in [5.74, 6) is -0.661. The third kappa shape index (κ3) is 2.98. The summed E-state index contributed by atoms with van der Waals surface area (Å²) in [5.41, 5.74) is -2.28. The lowest BCUT2D eigenvalue weighted by atomic mass is 9.47. The summed E-state index contributed by atoms with van der Waals surface area (Å²) in [6.07, 6.45) is 0.796. The van der Waals surface area contributed by atoms with Gasteiger partial charge in [0, 0.05) is 31.0 Å². The number of pyridine rings is 1. The largest absolute Gasteiger partial charge is 0.363 e. The van der Waals surface area contributed by atoms with Crippen LogP contribution in [0.25, 0.3) is 10.9 Å². The van der Waals surface area contributed by atoms with Gasteiger partial charge in [-0.1, -0.05) is 18.2 Å². The lowest BCUT2D eigenvalue weighted by molar-refractivity contribution is -0.199. The van der Waals surface area contributed by atoms with Crippen LogP contribution in [0, 0.1) is 5.82 Å². The SMILES string of the molecule is C[C@H](Nc1ncnc2c(Br)c(=O)n(C34CC(F)(C3)C4)cc12)c1cccc(C(F)F)c1F. The van der Waals surface area contributed by atoms with E-state index in [4.69, 9.17) is 0 Å². The van der Waals surface area contributed by atoms with Gasteiger partial charge in [-0.3, -0.25) is 4.79 Å². The van der Waals surface area contributed by atoms with Crippen LogP contribution in [0.2, 0.25) is 0 Å². The molecule has 6 rings (SSSR count). The molecule has 3 aliphatic rings. The molecule has 3 aromatic rings. The Kier molecular flexibility index (Phi) is 4.45. The molecule has 3 saturated carbocycles. The van der Waals surface area contributed by atoms with E-state index < -0.39 is 35.1 Å². The zero-order chi connectivity index (χ0) is 22.1. The highest BCUT2D eigenvalue weighted by Gasteiger charge is 2.70. The molecule has 10 heteroatoms. The fraction of sp³-hybridized carbons (Fsp3) is 0.381. The van der Waals surface area contributed by atoms with Crippen LogP contribution in [-0.2, 0) is 5.54 Å². The Labute approximate surface area is 182 Å². The Balaban J connectivity index is 1.56. The predicted molar refractivity (Wildman–Crippen MR) is 111 cm³/mol. The van der Waals surface area contributed by atoms with Crippen molar-refractivity contribution < 1.29 is 17.6 Å². The van der Waals surface area contributed by atoms with Crippen molar-refractivity contribution in [1.82, 2.24) is 14.5 Å². The van der Waals surface area contributed by atoms with Gasteiger partial charge in [0.05, 0.1) is 28.0 Å². The Morgan fingerprint density at radius 2 is 1.87 bits per heavy atom. The first-order valence-corrected chi connectivity index (χ1v) is 10.5. The molecule has 0 spiro atoms.